The van der Waals surface area contributed by atoms with Crippen molar-refractivity contribution in [2.75, 3.05) is 19.8 Å². The number of aliphatic hydroxyl groups excluding tert-OH is 6. The monoisotopic (exact) mass is 372 g/mol. The molecular formula is C20H36O6. The molecule has 1 rings (SSSR count). The Morgan fingerprint density at radius 2 is 1.81 bits per heavy atom. The zero-order valence-electron chi connectivity index (χ0n) is 16.0. The Morgan fingerprint density at radius 1 is 1.15 bits per heavy atom. The van der Waals surface area contributed by atoms with Gasteiger partial charge in [0, 0.05) is 5.92 Å². The van der Waals surface area contributed by atoms with Gasteiger partial charge in [0.15, 0.2) is 0 Å². The predicted octanol–water partition coefficient (Wildman–Crippen LogP) is 0.751. The highest BCUT2D eigenvalue weighted by Gasteiger charge is 2.32. The van der Waals surface area contributed by atoms with Crippen LogP contribution in [-0.2, 0) is 0 Å². The quantitative estimate of drug-likeness (QED) is 0.298. The van der Waals surface area contributed by atoms with E-state index in [-0.39, 0.29) is 18.4 Å². The lowest BCUT2D eigenvalue weighted by molar-refractivity contribution is -0.0828. The van der Waals surface area contributed by atoms with E-state index in [0.29, 0.717) is 12.3 Å². The van der Waals surface area contributed by atoms with Crippen LogP contribution in [0.25, 0.3) is 0 Å². The highest BCUT2D eigenvalue weighted by Crippen LogP contribution is 2.40. The van der Waals surface area contributed by atoms with Gasteiger partial charge in [0.1, 0.15) is 6.10 Å². The molecule has 0 saturated carbocycles. The van der Waals surface area contributed by atoms with Gasteiger partial charge in [0.05, 0.1) is 32.0 Å². The van der Waals surface area contributed by atoms with Crippen LogP contribution in [0.4, 0.5) is 0 Å². The molecule has 0 fully saturated rings. The molecule has 26 heavy (non-hydrogen) atoms. The summed E-state index contributed by atoms with van der Waals surface area (Å²) in [6, 6.07) is 0. The van der Waals surface area contributed by atoms with Crippen LogP contribution in [0.3, 0.4) is 0 Å². The zero-order chi connectivity index (χ0) is 19.7. The first-order chi connectivity index (χ1) is 12.3. The second kappa shape index (κ2) is 11.2. The summed E-state index contributed by atoms with van der Waals surface area (Å²) in [6.45, 7) is 3.17. The van der Waals surface area contributed by atoms with Gasteiger partial charge in [-0.05, 0) is 49.0 Å². The fraction of sp³-hybridized carbons (Fsp3) is 0.800. The number of allylic oxidation sites excluding steroid dienone is 3. The van der Waals surface area contributed by atoms with Gasteiger partial charge in [-0.15, -0.1) is 0 Å². The fourth-order valence-electron chi connectivity index (χ4n) is 3.55. The van der Waals surface area contributed by atoms with Crippen LogP contribution in [0.2, 0.25) is 0 Å². The molecule has 1 aliphatic carbocycles. The van der Waals surface area contributed by atoms with E-state index in [4.69, 9.17) is 5.11 Å². The van der Waals surface area contributed by atoms with Crippen molar-refractivity contribution in [1.29, 1.82) is 0 Å². The molecule has 0 aromatic heterocycles. The van der Waals surface area contributed by atoms with Gasteiger partial charge in [0.2, 0.25) is 0 Å². The summed E-state index contributed by atoms with van der Waals surface area (Å²) in [5.74, 6) is -0.259. The molecule has 6 N–H and O–H groups in total. The van der Waals surface area contributed by atoms with Crippen LogP contribution in [0.1, 0.15) is 46.0 Å². The minimum atomic E-state index is -1.39. The van der Waals surface area contributed by atoms with Crippen molar-refractivity contribution < 1.29 is 30.6 Å². The molecule has 152 valence electrons. The summed E-state index contributed by atoms with van der Waals surface area (Å²) < 4.78 is 0. The van der Waals surface area contributed by atoms with Crippen molar-refractivity contribution in [2.45, 2.75) is 64.3 Å². The van der Waals surface area contributed by atoms with Crippen molar-refractivity contribution in [1.82, 2.24) is 0 Å². The Morgan fingerprint density at radius 3 is 2.35 bits per heavy atom. The third kappa shape index (κ3) is 6.44. The molecule has 0 radical (unpaired) electrons. The average Bonchev–Trinajstić information content (AvgIpc) is 2.65. The summed E-state index contributed by atoms with van der Waals surface area (Å²) in [5, 5.41) is 57.5. The summed E-state index contributed by atoms with van der Waals surface area (Å²) in [7, 11) is 0. The lowest BCUT2D eigenvalue weighted by Gasteiger charge is -2.36. The molecule has 6 nitrogen and oxygen atoms in total. The zero-order valence-corrected chi connectivity index (χ0v) is 16.0. The van der Waals surface area contributed by atoms with Gasteiger partial charge >= 0.3 is 0 Å². The molecule has 0 saturated heterocycles. The first kappa shape index (κ1) is 23.3. The minimum absolute atomic E-state index is 0.0864. The van der Waals surface area contributed by atoms with E-state index >= 15 is 0 Å². The maximum absolute atomic E-state index is 10.1. The molecule has 0 spiro atoms. The van der Waals surface area contributed by atoms with Crippen molar-refractivity contribution in [2.24, 2.45) is 17.3 Å². The molecule has 1 aliphatic rings. The molecule has 6 heteroatoms. The number of rotatable bonds is 11. The van der Waals surface area contributed by atoms with Crippen LogP contribution < -0.4 is 0 Å². The van der Waals surface area contributed by atoms with Gasteiger partial charge in [-0.1, -0.05) is 32.1 Å². The van der Waals surface area contributed by atoms with E-state index in [9.17, 15) is 25.5 Å². The third-order valence-corrected chi connectivity index (χ3v) is 5.96. The Kier molecular flexibility index (Phi) is 10.00. The number of hydrogen-bond donors (Lipinski definition) is 6. The smallest absolute Gasteiger partial charge is 0.103 e. The first-order valence-corrected chi connectivity index (χ1v) is 9.51. The van der Waals surface area contributed by atoms with E-state index in [1.54, 1.807) is 6.08 Å². The Balaban J connectivity index is 2.76. The Labute approximate surface area is 156 Å². The second-order valence-corrected chi connectivity index (χ2v) is 7.80. The molecule has 0 aromatic rings. The van der Waals surface area contributed by atoms with Crippen LogP contribution in [-0.4, -0.2) is 68.8 Å². The van der Waals surface area contributed by atoms with Crippen molar-refractivity contribution in [3.05, 3.63) is 23.8 Å². The second-order valence-electron chi connectivity index (χ2n) is 7.80. The Bertz CT molecular complexity index is 463. The molecule has 0 aromatic carbocycles. The average molecular weight is 373 g/mol. The van der Waals surface area contributed by atoms with Crippen molar-refractivity contribution in [3.8, 4) is 0 Å². The normalized spacial score (nSPS) is 28.6. The lowest BCUT2D eigenvalue weighted by Crippen LogP contribution is -2.42. The first-order valence-electron chi connectivity index (χ1n) is 9.51. The number of aliphatic hydroxyl groups is 6. The van der Waals surface area contributed by atoms with Crippen LogP contribution in [0.15, 0.2) is 23.8 Å². The maximum Gasteiger partial charge on any atom is 0.103 e. The molecule has 0 amide bonds. The molecule has 0 aliphatic heterocycles. The largest absolute Gasteiger partial charge is 0.394 e. The fourth-order valence-corrected chi connectivity index (χ4v) is 3.55. The molecular weight excluding hydrogens is 336 g/mol. The van der Waals surface area contributed by atoms with E-state index in [1.165, 1.54) is 0 Å². The summed E-state index contributed by atoms with van der Waals surface area (Å²) in [4.78, 5) is 0. The van der Waals surface area contributed by atoms with Crippen molar-refractivity contribution >= 4 is 0 Å². The number of hydrogen-bond acceptors (Lipinski definition) is 6. The predicted molar refractivity (Wildman–Crippen MR) is 100 cm³/mol. The van der Waals surface area contributed by atoms with Gasteiger partial charge in [-0.25, -0.2) is 0 Å². The summed E-state index contributed by atoms with van der Waals surface area (Å²) in [5.41, 5.74) is 0.890. The van der Waals surface area contributed by atoms with Gasteiger partial charge in [-0.2, -0.15) is 0 Å². The van der Waals surface area contributed by atoms with Gasteiger partial charge in [0.25, 0.3) is 0 Å². The SMILES string of the molecule is C[C@@H]1CCC=C[C@@]1(C)CC/C(=C/C[C@@H]([C@@H](O)[C@H](O)CO)[C@@H](O)CO)CO. The van der Waals surface area contributed by atoms with Crippen LogP contribution >= 0.6 is 0 Å². The topological polar surface area (TPSA) is 121 Å². The maximum atomic E-state index is 10.1. The molecule has 0 bridgehead atoms. The highest BCUT2D eigenvalue weighted by atomic mass is 16.4. The standard InChI is InChI=1S/C20H36O6/c1-14-5-3-4-9-20(14,2)10-8-15(11-21)6-7-16(17(24)12-22)19(26)18(25)13-23/h4,6,9,14,16-19,21-26H,3,5,7-8,10-13H2,1-2H3/b15-6-/t14-,16-,17+,18-,19-,20+/m1/s1. The molecule has 0 heterocycles. The summed E-state index contributed by atoms with van der Waals surface area (Å²) >= 11 is 0. The minimum Gasteiger partial charge on any atom is -0.394 e. The van der Waals surface area contributed by atoms with Crippen molar-refractivity contribution in [3.63, 3.8) is 0 Å². The Hall–Kier alpha value is -0.760. The third-order valence-electron chi connectivity index (χ3n) is 5.96. The van der Waals surface area contributed by atoms with Gasteiger partial charge in [-0.3, -0.25) is 0 Å². The van der Waals surface area contributed by atoms with E-state index in [0.717, 1.165) is 24.8 Å². The van der Waals surface area contributed by atoms with E-state index < -0.39 is 37.4 Å². The molecule has 6 atom stereocenters. The van der Waals surface area contributed by atoms with Gasteiger partial charge < -0.3 is 30.6 Å². The summed E-state index contributed by atoms with van der Waals surface area (Å²) in [6.07, 6.45) is 6.30. The van der Waals surface area contributed by atoms with Crippen LogP contribution in [0.5, 0.6) is 0 Å². The van der Waals surface area contributed by atoms with Crippen LogP contribution in [0, 0.1) is 17.3 Å². The lowest BCUT2D eigenvalue weighted by atomic mass is 9.69. The molecule has 0 unspecified atom stereocenters. The highest BCUT2D eigenvalue weighted by molar-refractivity contribution is 5.09. The van der Waals surface area contributed by atoms with E-state index in [2.05, 4.69) is 26.0 Å². The van der Waals surface area contributed by atoms with E-state index in [1.807, 2.05) is 0 Å².